The number of hydrogen-bond donors (Lipinski definition) is 2. The molecule has 3 N–H and O–H groups in total. The molecule has 0 radical (unpaired) electrons. The van der Waals surface area contributed by atoms with E-state index < -0.39 is 17.6 Å². The second-order valence-electron chi connectivity index (χ2n) is 4.44. The van der Waals surface area contributed by atoms with E-state index in [4.69, 9.17) is 5.73 Å². The summed E-state index contributed by atoms with van der Waals surface area (Å²) >= 11 is 0. The smallest absolute Gasteiger partial charge is 0.382 e. The summed E-state index contributed by atoms with van der Waals surface area (Å²) in [6, 6.07) is 5.07. The van der Waals surface area contributed by atoms with Gasteiger partial charge in [-0.2, -0.15) is 18.3 Å². The Hall–Kier alpha value is -2.51. The number of benzene rings is 1. The first-order valence-corrected chi connectivity index (χ1v) is 6.01. The number of aromatic nitrogens is 2. The van der Waals surface area contributed by atoms with Crippen LogP contribution in [0, 0.1) is 0 Å². The highest BCUT2D eigenvalue weighted by Crippen LogP contribution is 2.31. The number of carbonyl (C=O) groups is 1. The predicted octanol–water partition coefficient (Wildman–Crippen LogP) is 1.95. The van der Waals surface area contributed by atoms with Crippen molar-refractivity contribution in [3.63, 3.8) is 0 Å². The zero-order valence-electron chi connectivity index (χ0n) is 11.1. The van der Waals surface area contributed by atoms with Gasteiger partial charge in [0.1, 0.15) is 5.56 Å². The minimum absolute atomic E-state index is 0.0131. The van der Waals surface area contributed by atoms with Crippen LogP contribution in [0.1, 0.15) is 21.5 Å². The fraction of sp³-hybridized carbons (Fsp3) is 0.231. The Kier molecular flexibility index (Phi) is 3.88. The number of anilines is 1. The Labute approximate surface area is 118 Å². The fourth-order valence-electron chi connectivity index (χ4n) is 1.90. The van der Waals surface area contributed by atoms with Gasteiger partial charge in [-0.3, -0.25) is 9.48 Å². The molecule has 0 fully saturated rings. The Morgan fingerprint density at radius 1 is 1.38 bits per heavy atom. The number of hydrogen-bond acceptors (Lipinski definition) is 3. The Morgan fingerprint density at radius 3 is 2.62 bits per heavy atom. The van der Waals surface area contributed by atoms with Crippen LogP contribution in [0.4, 0.5) is 19.0 Å². The Morgan fingerprint density at radius 2 is 2.05 bits per heavy atom. The third-order valence-electron chi connectivity index (χ3n) is 2.86. The molecule has 1 heterocycles. The van der Waals surface area contributed by atoms with Gasteiger partial charge in [0.25, 0.3) is 5.91 Å². The maximum atomic E-state index is 12.8. The van der Waals surface area contributed by atoms with Gasteiger partial charge in [-0.1, -0.05) is 18.2 Å². The zero-order valence-corrected chi connectivity index (χ0v) is 11.1. The van der Waals surface area contributed by atoms with E-state index in [1.807, 2.05) is 0 Å². The normalized spacial score (nSPS) is 11.4. The zero-order chi connectivity index (χ0) is 15.6. The number of carbonyl (C=O) groups excluding carboxylic acids is 1. The van der Waals surface area contributed by atoms with Crippen LogP contribution in [0.15, 0.2) is 30.5 Å². The number of nitrogens with two attached hydrogens (primary N) is 1. The average Bonchev–Trinajstić information content (AvgIpc) is 2.74. The van der Waals surface area contributed by atoms with Gasteiger partial charge >= 0.3 is 6.18 Å². The van der Waals surface area contributed by atoms with E-state index in [-0.39, 0.29) is 23.5 Å². The van der Waals surface area contributed by atoms with Crippen molar-refractivity contribution in [1.29, 1.82) is 0 Å². The predicted molar refractivity (Wildman–Crippen MR) is 70.2 cm³/mol. The van der Waals surface area contributed by atoms with Gasteiger partial charge in [0.05, 0.1) is 5.56 Å². The molecule has 8 heteroatoms. The standard InChI is InChI=1S/C13H13F3N4O/c1-20-7-9(11(17)19-20)12(21)18-6-8-4-2-3-5-10(8)13(14,15)16/h2-5,7H,6H2,1H3,(H2,17,19)(H,18,21). The summed E-state index contributed by atoms with van der Waals surface area (Å²) in [4.78, 5) is 11.9. The van der Waals surface area contributed by atoms with Crippen LogP contribution in [-0.2, 0) is 19.8 Å². The Balaban J connectivity index is 2.14. The molecule has 0 spiro atoms. The molecule has 2 aromatic rings. The molecular formula is C13H13F3N4O. The van der Waals surface area contributed by atoms with Crippen LogP contribution >= 0.6 is 0 Å². The summed E-state index contributed by atoms with van der Waals surface area (Å²) in [5, 5.41) is 6.21. The van der Waals surface area contributed by atoms with Crippen LogP contribution in [0.5, 0.6) is 0 Å². The summed E-state index contributed by atoms with van der Waals surface area (Å²) in [7, 11) is 1.59. The Bertz CT molecular complexity index is 664. The van der Waals surface area contributed by atoms with Gasteiger partial charge in [-0.15, -0.1) is 0 Å². The topological polar surface area (TPSA) is 72.9 Å². The largest absolute Gasteiger partial charge is 0.416 e. The summed E-state index contributed by atoms with van der Waals surface area (Å²) in [6.07, 6.45) is -3.06. The lowest BCUT2D eigenvalue weighted by molar-refractivity contribution is -0.138. The summed E-state index contributed by atoms with van der Waals surface area (Å²) in [6.45, 7) is -0.247. The highest BCUT2D eigenvalue weighted by molar-refractivity contribution is 5.98. The summed E-state index contributed by atoms with van der Waals surface area (Å²) in [5.41, 5.74) is 4.88. The van der Waals surface area contributed by atoms with Crippen molar-refractivity contribution in [3.05, 3.63) is 47.2 Å². The summed E-state index contributed by atoms with van der Waals surface area (Å²) in [5.74, 6) is -0.545. The lowest BCUT2D eigenvalue weighted by Crippen LogP contribution is -2.25. The number of nitrogens with zero attached hydrogens (tertiary/aromatic N) is 2. The van der Waals surface area contributed by atoms with Crippen molar-refractivity contribution in [1.82, 2.24) is 15.1 Å². The highest BCUT2D eigenvalue weighted by atomic mass is 19.4. The van der Waals surface area contributed by atoms with Gasteiger partial charge in [0.2, 0.25) is 0 Å². The van der Waals surface area contributed by atoms with E-state index in [1.54, 1.807) is 7.05 Å². The third kappa shape index (κ3) is 3.33. The molecular weight excluding hydrogens is 285 g/mol. The molecule has 0 saturated heterocycles. The SMILES string of the molecule is Cn1cc(C(=O)NCc2ccccc2C(F)(F)F)c(N)n1. The first-order valence-electron chi connectivity index (χ1n) is 6.01. The van der Waals surface area contributed by atoms with Crippen molar-refractivity contribution in [3.8, 4) is 0 Å². The van der Waals surface area contributed by atoms with Crippen molar-refractivity contribution in [2.45, 2.75) is 12.7 Å². The molecule has 0 aliphatic rings. The fourth-order valence-corrected chi connectivity index (χ4v) is 1.90. The molecule has 0 unspecified atom stereocenters. The van der Waals surface area contributed by atoms with Gasteiger partial charge in [0.15, 0.2) is 5.82 Å². The number of aryl methyl sites for hydroxylation is 1. The van der Waals surface area contributed by atoms with Gasteiger partial charge in [0, 0.05) is 19.8 Å². The van der Waals surface area contributed by atoms with Crippen molar-refractivity contribution >= 4 is 11.7 Å². The number of amides is 1. The minimum Gasteiger partial charge on any atom is -0.382 e. The van der Waals surface area contributed by atoms with Crippen molar-refractivity contribution in [2.24, 2.45) is 7.05 Å². The van der Waals surface area contributed by atoms with Gasteiger partial charge in [-0.05, 0) is 11.6 Å². The lowest BCUT2D eigenvalue weighted by Gasteiger charge is -2.13. The van der Waals surface area contributed by atoms with E-state index >= 15 is 0 Å². The van der Waals surface area contributed by atoms with E-state index in [9.17, 15) is 18.0 Å². The maximum Gasteiger partial charge on any atom is 0.416 e. The van der Waals surface area contributed by atoms with E-state index in [1.165, 1.54) is 29.1 Å². The number of rotatable bonds is 3. The van der Waals surface area contributed by atoms with E-state index in [0.29, 0.717) is 0 Å². The number of alkyl halides is 3. The molecule has 0 saturated carbocycles. The van der Waals surface area contributed by atoms with Crippen LogP contribution < -0.4 is 11.1 Å². The average molecular weight is 298 g/mol. The maximum absolute atomic E-state index is 12.8. The third-order valence-corrected chi connectivity index (χ3v) is 2.86. The first-order chi connectivity index (χ1) is 9.79. The molecule has 0 aliphatic heterocycles. The van der Waals surface area contributed by atoms with Gasteiger partial charge in [-0.25, -0.2) is 0 Å². The van der Waals surface area contributed by atoms with Crippen LogP contribution in [0.25, 0.3) is 0 Å². The van der Waals surface area contributed by atoms with E-state index in [0.717, 1.165) is 6.07 Å². The number of nitrogen functional groups attached to an aromatic ring is 1. The molecule has 0 bridgehead atoms. The molecule has 0 atom stereocenters. The molecule has 0 aliphatic carbocycles. The van der Waals surface area contributed by atoms with Gasteiger partial charge < -0.3 is 11.1 Å². The van der Waals surface area contributed by atoms with Crippen molar-refractivity contribution < 1.29 is 18.0 Å². The molecule has 1 aromatic carbocycles. The van der Waals surface area contributed by atoms with Crippen LogP contribution in [-0.4, -0.2) is 15.7 Å². The second kappa shape index (κ2) is 5.47. The molecule has 21 heavy (non-hydrogen) atoms. The van der Waals surface area contributed by atoms with Crippen LogP contribution in [0.2, 0.25) is 0 Å². The molecule has 2 rings (SSSR count). The minimum atomic E-state index is -4.46. The molecule has 1 amide bonds. The molecule has 5 nitrogen and oxygen atoms in total. The lowest BCUT2D eigenvalue weighted by atomic mass is 10.1. The number of halogens is 3. The number of nitrogens with one attached hydrogen (secondary N) is 1. The quantitative estimate of drug-likeness (QED) is 0.909. The highest BCUT2D eigenvalue weighted by Gasteiger charge is 2.32. The first kappa shape index (κ1) is 14.9. The van der Waals surface area contributed by atoms with Crippen molar-refractivity contribution in [2.75, 3.05) is 5.73 Å². The van der Waals surface area contributed by atoms with Crippen LogP contribution in [0.3, 0.4) is 0 Å². The van der Waals surface area contributed by atoms with E-state index in [2.05, 4.69) is 10.4 Å². The monoisotopic (exact) mass is 298 g/mol. The second-order valence-corrected chi connectivity index (χ2v) is 4.44. The summed E-state index contributed by atoms with van der Waals surface area (Å²) < 4.78 is 39.8. The molecule has 1 aromatic heterocycles. The molecule has 112 valence electrons.